The molecule has 134 valence electrons. The second-order valence-corrected chi connectivity index (χ2v) is 8.16. The van der Waals surface area contributed by atoms with Crippen LogP contribution in [0.3, 0.4) is 0 Å². The first-order chi connectivity index (χ1) is 12.0. The number of hydrogen-bond donors (Lipinski definition) is 2. The predicted molar refractivity (Wildman–Crippen MR) is 95.7 cm³/mol. The molecule has 0 bridgehead atoms. The van der Waals surface area contributed by atoms with E-state index in [0.29, 0.717) is 24.7 Å². The largest absolute Gasteiger partial charge is 0.497 e. The predicted octanol–water partition coefficient (Wildman–Crippen LogP) is 1.13. The van der Waals surface area contributed by atoms with Gasteiger partial charge in [-0.25, -0.2) is 8.42 Å². The Morgan fingerprint density at radius 3 is 2.76 bits per heavy atom. The standard InChI is InChI=1S/C16H21N5O3S/c1-24-14-4-2-12(3-5-14)6-8-17-15-10-18-21-16(20-15)19-13-7-9-25(22,23)11-13/h2-5,10,13H,6-9,11H2,1H3,(H2,17,19,20,21). The summed E-state index contributed by atoms with van der Waals surface area (Å²) in [4.78, 5) is 4.33. The lowest BCUT2D eigenvalue weighted by Crippen LogP contribution is -2.22. The Balaban J connectivity index is 1.51. The van der Waals surface area contributed by atoms with E-state index in [0.717, 1.165) is 12.2 Å². The molecule has 0 amide bonds. The van der Waals surface area contributed by atoms with Gasteiger partial charge in [-0.3, -0.25) is 0 Å². The van der Waals surface area contributed by atoms with Gasteiger partial charge >= 0.3 is 0 Å². The van der Waals surface area contributed by atoms with Crippen LogP contribution in [0.1, 0.15) is 12.0 Å². The molecule has 1 saturated heterocycles. The fourth-order valence-corrected chi connectivity index (χ4v) is 4.34. The normalized spacial score (nSPS) is 18.7. The molecule has 1 aliphatic rings. The van der Waals surface area contributed by atoms with Crippen molar-refractivity contribution in [3.63, 3.8) is 0 Å². The van der Waals surface area contributed by atoms with E-state index in [1.165, 1.54) is 5.56 Å². The van der Waals surface area contributed by atoms with E-state index >= 15 is 0 Å². The van der Waals surface area contributed by atoms with Crippen molar-refractivity contribution in [1.29, 1.82) is 0 Å². The minimum Gasteiger partial charge on any atom is -0.497 e. The quantitative estimate of drug-likeness (QED) is 0.754. The summed E-state index contributed by atoms with van der Waals surface area (Å²) in [7, 11) is -1.29. The van der Waals surface area contributed by atoms with Crippen molar-refractivity contribution in [2.45, 2.75) is 18.9 Å². The number of benzene rings is 1. The molecule has 1 aromatic heterocycles. The Hall–Kier alpha value is -2.42. The number of sulfone groups is 1. The number of nitrogens with one attached hydrogen (secondary N) is 2. The van der Waals surface area contributed by atoms with Crippen LogP contribution in [0.25, 0.3) is 0 Å². The molecule has 2 N–H and O–H groups in total. The number of aromatic nitrogens is 3. The Morgan fingerprint density at radius 1 is 1.28 bits per heavy atom. The van der Waals surface area contributed by atoms with E-state index in [9.17, 15) is 8.42 Å². The summed E-state index contributed by atoms with van der Waals surface area (Å²) in [5.74, 6) is 2.10. The molecule has 0 radical (unpaired) electrons. The monoisotopic (exact) mass is 363 g/mol. The summed E-state index contributed by atoms with van der Waals surface area (Å²) in [5.41, 5.74) is 1.19. The van der Waals surface area contributed by atoms with Gasteiger partial charge in [0.1, 0.15) is 5.75 Å². The second-order valence-electron chi connectivity index (χ2n) is 5.93. The van der Waals surface area contributed by atoms with Crippen molar-refractivity contribution in [3.05, 3.63) is 36.0 Å². The third-order valence-electron chi connectivity index (χ3n) is 4.00. The van der Waals surface area contributed by atoms with Gasteiger partial charge in [-0.1, -0.05) is 12.1 Å². The molecule has 3 rings (SSSR count). The SMILES string of the molecule is COc1ccc(CCNc2cnnc(NC3CCS(=O)(=O)C3)n2)cc1. The van der Waals surface area contributed by atoms with Crippen LogP contribution in [-0.2, 0) is 16.3 Å². The van der Waals surface area contributed by atoms with E-state index in [-0.39, 0.29) is 17.5 Å². The maximum absolute atomic E-state index is 11.5. The van der Waals surface area contributed by atoms with E-state index < -0.39 is 9.84 Å². The molecule has 9 heteroatoms. The van der Waals surface area contributed by atoms with Crippen molar-refractivity contribution in [2.75, 3.05) is 35.8 Å². The van der Waals surface area contributed by atoms with Gasteiger partial charge in [0.25, 0.3) is 0 Å². The fraction of sp³-hybridized carbons (Fsp3) is 0.438. The van der Waals surface area contributed by atoms with E-state index in [1.54, 1.807) is 13.3 Å². The summed E-state index contributed by atoms with van der Waals surface area (Å²) < 4.78 is 28.1. The molecule has 25 heavy (non-hydrogen) atoms. The number of methoxy groups -OCH3 is 1. The molecule has 1 aromatic carbocycles. The first kappa shape index (κ1) is 17.4. The third kappa shape index (κ3) is 5.02. The lowest BCUT2D eigenvalue weighted by atomic mass is 10.1. The zero-order valence-corrected chi connectivity index (χ0v) is 14.8. The zero-order valence-electron chi connectivity index (χ0n) is 14.0. The Labute approximate surface area is 147 Å². The van der Waals surface area contributed by atoms with E-state index in [2.05, 4.69) is 25.8 Å². The number of nitrogens with zero attached hydrogens (tertiary/aromatic N) is 3. The van der Waals surface area contributed by atoms with Crippen LogP contribution in [0.5, 0.6) is 5.75 Å². The van der Waals surface area contributed by atoms with Crippen molar-refractivity contribution in [1.82, 2.24) is 15.2 Å². The first-order valence-corrected chi connectivity index (χ1v) is 9.90. The van der Waals surface area contributed by atoms with Gasteiger partial charge in [-0.2, -0.15) is 10.1 Å². The molecule has 1 fully saturated rings. The zero-order chi connectivity index (χ0) is 17.7. The molecule has 0 aliphatic carbocycles. The Kier molecular flexibility index (Phi) is 5.32. The molecule has 1 unspecified atom stereocenters. The number of rotatable bonds is 7. The molecular weight excluding hydrogens is 342 g/mol. The minimum absolute atomic E-state index is 0.117. The van der Waals surface area contributed by atoms with Gasteiger partial charge in [0.2, 0.25) is 5.95 Å². The Bertz CT molecular complexity index is 811. The smallest absolute Gasteiger partial charge is 0.244 e. The van der Waals surface area contributed by atoms with Gasteiger partial charge in [-0.05, 0) is 30.5 Å². The summed E-state index contributed by atoms with van der Waals surface area (Å²) in [6.07, 6.45) is 2.95. The van der Waals surface area contributed by atoms with Crippen molar-refractivity contribution < 1.29 is 13.2 Å². The van der Waals surface area contributed by atoms with Crippen molar-refractivity contribution in [2.24, 2.45) is 0 Å². The minimum atomic E-state index is -2.94. The van der Waals surface area contributed by atoms with Crippen LogP contribution in [0.2, 0.25) is 0 Å². The van der Waals surface area contributed by atoms with Crippen LogP contribution in [-0.4, -0.2) is 54.8 Å². The van der Waals surface area contributed by atoms with E-state index in [1.807, 2.05) is 24.3 Å². The van der Waals surface area contributed by atoms with Crippen molar-refractivity contribution in [3.8, 4) is 5.75 Å². The number of ether oxygens (including phenoxy) is 1. The van der Waals surface area contributed by atoms with Crippen LogP contribution in [0.4, 0.5) is 11.8 Å². The first-order valence-electron chi connectivity index (χ1n) is 8.07. The lowest BCUT2D eigenvalue weighted by molar-refractivity contribution is 0.414. The molecule has 0 spiro atoms. The van der Waals surface area contributed by atoms with Gasteiger partial charge < -0.3 is 15.4 Å². The van der Waals surface area contributed by atoms with E-state index in [4.69, 9.17) is 4.74 Å². The molecular formula is C16H21N5O3S. The summed E-state index contributed by atoms with van der Waals surface area (Å²) in [5, 5.41) is 14.1. The topological polar surface area (TPSA) is 106 Å². The average Bonchev–Trinajstić information content (AvgIpc) is 2.94. The lowest BCUT2D eigenvalue weighted by Gasteiger charge is -2.11. The molecule has 2 heterocycles. The highest BCUT2D eigenvalue weighted by molar-refractivity contribution is 7.91. The van der Waals surface area contributed by atoms with Gasteiger partial charge in [0.15, 0.2) is 15.7 Å². The highest BCUT2D eigenvalue weighted by atomic mass is 32.2. The maximum atomic E-state index is 11.5. The molecule has 0 saturated carbocycles. The van der Waals surface area contributed by atoms with Crippen LogP contribution >= 0.6 is 0 Å². The number of anilines is 2. The maximum Gasteiger partial charge on any atom is 0.244 e. The summed E-state index contributed by atoms with van der Waals surface area (Å²) in [6, 6.07) is 7.75. The fourth-order valence-electron chi connectivity index (χ4n) is 2.67. The Morgan fingerprint density at radius 2 is 2.08 bits per heavy atom. The number of hydrogen-bond acceptors (Lipinski definition) is 8. The molecule has 8 nitrogen and oxygen atoms in total. The molecule has 1 aliphatic heterocycles. The summed E-state index contributed by atoms with van der Waals surface area (Å²) in [6.45, 7) is 0.697. The second kappa shape index (κ2) is 7.64. The van der Waals surface area contributed by atoms with Crippen LogP contribution < -0.4 is 15.4 Å². The average molecular weight is 363 g/mol. The highest BCUT2D eigenvalue weighted by Gasteiger charge is 2.28. The van der Waals surface area contributed by atoms with Gasteiger partial charge in [0, 0.05) is 12.6 Å². The highest BCUT2D eigenvalue weighted by Crippen LogP contribution is 2.16. The molecule has 1 atom stereocenters. The van der Waals surface area contributed by atoms with Crippen LogP contribution in [0.15, 0.2) is 30.5 Å². The summed E-state index contributed by atoms with van der Waals surface area (Å²) >= 11 is 0. The molecule has 2 aromatic rings. The van der Waals surface area contributed by atoms with Crippen molar-refractivity contribution >= 4 is 21.6 Å². The van der Waals surface area contributed by atoms with Gasteiger partial charge in [-0.15, -0.1) is 5.10 Å². The third-order valence-corrected chi connectivity index (χ3v) is 5.77. The van der Waals surface area contributed by atoms with Gasteiger partial charge in [0.05, 0.1) is 24.8 Å². The van der Waals surface area contributed by atoms with Crippen LogP contribution in [0, 0.1) is 0 Å².